The van der Waals surface area contributed by atoms with E-state index >= 15 is 0 Å². The van der Waals surface area contributed by atoms with Crippen LogP contribution in [-0.4, -0.2) is 47.9 Å². The standard InChI is InChI=1S/C21H19ClN4O2S/c22-17-4-3-15(14-18(17)24-20(27)19-2-1-13-29-19)21(28)26-11-9-25(10-12-26)16-5-7-23-8-6-16/h1-8,13-14H,9-12H2,(H,24,27). The van der Waals surface area contributed by atoms with Crippen molar-refractivity contribution < 1.29 is 9.59 Å². The van der Waals surface area contributed by atoms with Crippen LogP contribution in [0.5, 0.6) is 0 Å². The number of nitrogens with one attached hydrogen (secondary N) is 1. The van der Waals surface area contributed by atoms with Crippen molar-refractivity contribution in [2.75, 3.05) is 36.4 Å². The minimum absolute atomic E-state index is 0.0670. The van der Waals surface area contributed by atoms with E-state index in [2.05, 4.69) is 15.2 Å². The van der Waals surface area contributed by atoms with Crippen molar-refractivity contribution in [1.82, 2.24) is 9.88 Å². The van der Waals surface area contributed by atoms with Gasteiger partial charge in [-0.1, -0.05) is 17.7 Å². The average Bonchev–Trinajstić information content (AvgIpc) is 3.31. The van der Waals surface area contributed by atoms with Crippen LogP contribution in [0, 0.1) is 0 Å². The fourth-order valence-electron chi connectivity index (χ4n) is 3.25. The molecule has 0 radical (unpaired) electrons. The molecule has 2 aromatic heterocycles. The van der Waals surface area contributed by atoms with E-state index in [0.29, 0.717) is 34.2 Å². The Morgan fingerprint density at radius 2 is 1.79 bits per heavy atom. The first-order valence-corrected chi connectivity index (χ1v) is 10.5. The van der Waals surface area contributed by atoms with E-state index < -0.39 is 0 Å². The van der Waals surface area contributed by atoms with Crippen molar-refractivity contribution in [2.45, 2.75) is 0 Å². The van der Waals surface area contributed by atoms with Gasteiger partial charge in [0.05, 0.1) is 15.6 Å². The van der Waals surface area contributed by atoms with Crippen LogP contribution in [0.25, 0.3) is 0 Å². The predicted octanol–water partition coefficient (Wildman–Crippen LogP) is 4.01. The Bertz CT molecular complexity index is 1000. The number of hydrogen-bond acceptors (Lipinski definition) is 5. The summed E-state index contributed by atoms with van der Waals surface area (Å²) in [6.45, 7) is 2.76. The van der Waals surface area contributed by atoms with Gasteiger partial charge < -0.3 is 15.1 Å². The molecule has 0 aliphatic carbocycles. The highest BCUT2D eigenvalue weighted by molar-refractivity contribution is 7.12. The Balaban J connectivity index is 1.43. The van der Waals surface area contributed by atoms with Crippen molar-refractivity contribution in [3.8, 4) is 0 Å². The molecule has 4 rings (SSSR count). The summed E-state index contributed by atoms with van der Waals surface area (Å²) in [6.07, 6.45) is 3.54. The van der Waals surface area contributed by atoms with Gasteiger partial charge in [0.25, 0.3) is 11.8 Å². The first-order valence-electron chi connectivity index (χ1n) is 9.20. The fraction of sp³-hybridized carbons (Fsp3) is 0.190. The van der Waals surface area contributed by atoms with Gasteiger partial charge in [0.1, 0.15) is 0 Å². The molecule has 1 N–H and O–H groups in total. The maximum absolute atomic E-state index is 13.0. The summed E-state index contributed by atoms with van der Waals surface area (Å²) in [5.74, 6) is -0.305. The van der Waals surface area contributed by atoms with Crippen molar-refractivity contribution in [3.63, 3.8) is 0 Å². The van der Waals surface area contributed by atoms with E-state index in [1.54, 1.807) is 36.7 Å². The van der Waals surface area contributed by atoms with Crippen molar-refractivity contribution in [2.24, 2.45) is 0 Å². The summed E-state index contributed by atoms with van der Waals surface area (Å²) in [5.41, 5.74) is 2.05. The fourth-order valence-corrected chi connectivity index (χ4v) is 4.03. The van der Waals surface area contributed by atoms with E-state index in [0.717, 1.165) is 18.8 Å². The Hall–Kier alpha value is -2.90. The molecule has 148 valence electrons. The molecule has 1 saturated heterocycles. The third-order valence-electron chi connectivity index (χ3n) is 4.80. The number of halogens is 1. The molecular weight excluding hydrogens is 408 g/mol. The molecule has 8 heteroatoms. The van der Waals surface area contributed by atoms with Gasteiger partial charge in [0.15, 0.2) is 0 Å². The minimum Gasteiger partial charge on any atom is -0.368 e. The second-order valence-corrected chi connectivity index (χ2v) is 7.97. The number of thiophene rings is 1. The third kappa shape index (κ3) is 4.41. The maximum Gasteiger partial charge on any atom is 0.265 e. The minimum atomic E-state index is -0.238. The number of pyridine rings is 1. The summed E-state index contributed by atoms with van der Waals surface area (Å²) in [6, 6.07) is 12.5. The molecule has 2 amide bonds. The van der Waals surface area contributed by atoms with Crippen LogP contribution in [0.15, 0.2) is 60.2 Å². The number of carbonyl (C=O) groups excluding carboxylic acids is 2. The quantitative estimate of drug-likeness (QED) is 0.684. The lowest BCUT2D eigenvalue weighted by Gasteiger charge is -2.36. The van der Waals surface area contributed by atoms with Crippen LogP contribution in [0.2, 0.25) is 5.02 Å². The lowest BCUT2D eigenvalue weighted by molar-refractivity contribution is 0.0746. The summed E-state index contributed by atoms with van der Waals surface area (Å²) in [4.78, 5) is 34.0. The van der Waals surface area contributed by atoms with Crippen LogP contribution in [0.1, 0.15) is 20.0 Å². The van der Waals surface area contributed by atoms with Crippen LogP contribution in [0.4, 0.5) is 11.4 Å². The van der Waals surface area contributed by atoms with Gasteiger partial charge in [0, 0.05) is 49.8 Å². The molecule has 1 aromatic carbocycles. The molecule has 6 nitrogen and oxygen atoms in total. The Morgan fingerprint density at radius 1 is 1.03 bits per heavy atom. The van der Waals surface area contributed by atoms with Gasteiger partial charge in [-0.25, -0.2) is 0 Å². The SMILES string of the molecule is O=C(Nc1cc(C(=O)N2CCN(c3ccncc3)CC2)ccc1Cl)c1cccs1. The summed E-state index contributed by atoms with van der Waals surface area (Å²) in [5, 5.41) is 5.03. The van der Waals surface area contributed by atoms with Crippen molar-refractivity contribution >= 4 is 46.1 Å². The molecule has 1 aliphatic heterocycles. The molecule has 29 heavy (non-hydrogen) atoms. The zero-order valence-corrected chi connectivity index (χ0v) is 17.1. The van der Waals surface area contributed by atoms with Gasteiger partial charge in [-0.15, -0.1) is 11.3 Å². The zero-order chi connectivity index (χ0) is 20.2. The highest BCUT2D eigenvalue weighted by Crippen LogP contribution is 2.25. The first-order chi connectivity index (χ1) is 14.1. The molecule has 3 aromatic rings. The summed E-state index contributed by atoms with van der Waals surface area (Å²) >= 11 is 7.58. The number of nitrogens with zero attached hydrogens (tertiary/aromatic N) is 3. The Kier molecular flexibility index (Phi) is 5.78. The Labute approximate surface area is 177 Å². The van der Waals surface area contributed by atoms with Crippen LogP contribution in [0.3, 0.4) is 0 Å². The molecule has 1 aliphatic rings. The van der Waals surface area contributed by atoms with E-state index in [-0.39, 0.29) is 11.8 Å². The first kappa shape index (κ1) is 19.4. The Morgan fingerprint density at radius 3 is 2.48 bits per heavy atom. The number of piperazine rings is 1. The predicted molar refractivity (Wildman–Crippen MR) is 116 cm³/mol. The largest absolute Gasteiger partial charge is 0.368 e. The number of anilines is 2. The van der Waals surface area contributed by atoms with Crippen LogP contribution in [-0.2, 0) is 0 Å². The highest BCUT2D eigenvalue weighted by Gasteiger charge is 2.23. The van der Waals surface area contributed by atoms with Gasteiger partial charge in [0.2, 0.25) is 0 Å². The second kappa shape index (κ2) is 8.63. The smallest absolute Gasteiger partial charge is 0.265 e. The van der Waals surface area contributed by atoms with Crippen molar-refractivity contribution in [3.05, 3.63) is 75.7 Å². The highest BCUT2D eigenvalue weighted by atomic mass is 35.5. The monoisotopic (exact) mass is 426 g/mol. The average molecular weight is 427 g/mol. The molecule has 0 bridgehead atoms. The molecule has 0 unspecified atom stereocenters. The summed E-state index contributed by atoms with van der Waals surface area (Å²) < 4.78 is 0. The van der Waals surface area contributed by atoms with Gasteiger partial charge in [-0.2, -0.15) is 0 Å². The number of amides is 2. The lowest BCUT2D eigenvalue weighted by atomic mass is 10.1. The number of aromatic nitrogens is 1. The number of benzene rings is 1. The van der Waals surface area contributed by atoms with Gasteiger partial charge in [-0.05, 0) is 41.8 Å². The van der Waals surface area contributed by atoms with E-state index in [1.165, 1.54) is 11.3 Å². The van der Waals surface area contributed by atoms with Gasteiger partial charge in [-0.3, -0.25) is 14.6 Å². The molecule has 0 atom stereocenters. The molecule has 1 fully saturated rings. The molecular formula is C21H19ClN4O2S. The van der Waals surface area contributed by atoms with Gasteiger partial charge >= 0.3 is 0 Å². The number of rotatable bonds is 4. The lowest BCUT2D eigenvalue weighted by Crippen LogP contribution is -2.48. The molecule has 3 heterocycles. The number of hydrogen-bond donors (Lipinski definition) is 1. The normalized spacial score (nSPS) is 14.0. The van der Waals surface area contributed by atoms with E-state index in [1.807, 2.05) is 28.5 Å². The summed E-state index contributed by atoms with van der Waals surface area (Å²) in [7, 11) is 0. The maximum atomic E-state index is 13.0. The van der Waals surface area contributed by atoms with Crippen molar-refractivity contribution in [1.29, 1.82) is 0 Å². The second-order valence-electron chi connectivity index (χ2n) is 6.61. The molecule has 0 saturated carbocycles. The van der Waals surface area contributed by atoms with Crippen LogP contribution < -0.4 is 10.2 Å². The zero-order valence-electron chi connectivity index (χ0n) is 15.5. The molecule has 0 spiro atoms. The topological polar surface area (TPSA) is 65.5 Å². The third-order valence-corrected chi connectivity index (χ3v) is 6.00. The van der Waals surface area contributed by atoms with E-state index in [9.17, 15) is 9.59 Å². The number of carbonyl (C=O) groups is 2. The van der Waals surface area contributed by atoms with Crippen LogP contribution >= 0.6 is 22.9 Å². The van der Waals surface area contributed by atoms with E-state index in [4.69, 9.17) is 11.6 Å².